The van der Waals surface area contributed by atoms with Crippen LogP contribution in [0.4, 0.5) is 4.79 Å². The van der Waals surface area contributed by atoms with Gasteiger partial charge >= 0.3 is 6.03 Å². The van der Waals surface area contributed by atoms with Crippen LogP contribution in [0.3, 0.4) is 0 Å². The third-order valence-corrected chi connectivity index (χ3v) is 4.36. The Morgan fingerprint density at radius 1 is 1.45 bits per heavy atom. The number of carbonyl (C=O) groups is 1. The van der Waals surface area contributed by atoms with E-state index < -0.39 is 5.72 Å². The highest BCUT2D eigenvalue weighted by Gasteiger charge is 2.50. The molecule has 0 spiro atoms. The zero-order valence-corrected chi connectivity index (χ0v) is 13.0. The molecule has 0 aromatic heterocycles. The Morgan fingerprint density at radius 3 is 2.80 bits per heavy atom. The predicted molar refractivity (Wildman–Crippen MR) is 78.4 cm³/mol. The van der Waals surface area contributed by atoms with Gasteiger partial charge in [0, 0.05) is 23.0 Å². The number of nitrogens with zero attached hydrogens (tertiary/aromatic N) is 1. The average molecular weight is 315 g/mol. The van der Waals surface area contributed by atoms with Gasteiger partial charge in [0.2, 0.25) is 0 Å². The number of hydrogen-bond donors (Lipinski definition) is 1. The maximum Gasteiger partial charge on any atom is 0.321 e. The Kier molecular flexibility index (Phi) is 3.07. The van der Waals surface area contributed by atoms with E-state index in [2.05, 4.69) is 5.32 Å². The van der Waals surface area contributed by atoms with Crippen molar-refractivity contribution in [3.8, 4) is 5.75 Å². The summed E-state index contributed by atoms with van der Waals surface area (Å²) in [6.45, 7) is 5.85. The Hall–Kier alpha value is -1.13. The van der Waals surface area contributed by atoms with Crippen LogP contribution in [0.2, 0.25) is 10.0 Å². The molecule has 1 N–H and O–H groups in total. The molecule has 0 aliphatic carbocycles. The third kappa shape index (κ3) is 1.93. The second kappa shape index (κ2) is 4.43. The zero-order valence-electron chi connectivity index (χ0n) is 11.5. The molecule has 1 saturated heterocycles. The topological polar surface area (TPSA) is 41.6 Å². The molecule has 0 radical (unpaired) electrons. The maximum absolute atomic E-state index is 12.3. The second-order valence-electron chi connectivity index (χ2n) is 5.75. The summed E-state index contributed by atoms with van der Waals surface area (Å²) in [5.74, 6) is 0.612. The number of benzene rings is 1. The minimum Gasteiger partial charge on any atom is -0.466 e. The Bertz CT molecular complexity index is 591. The first-order valence-electron chi connectivity index (χ1n) is 6.59. The molecule has 2 amide bonds. The first kappa shape index (κ1) is 13.8. The van der Waals surface area contributed by atoms with E-state index in [1.54, 1.807) is 17.0 Å². The Morgan fingerprint density at radius 2 is 2.15 bits per heavy atom. The van der Waals surface area contributed by atoms with Crippen LogP contribution in [0, 0.1) is 0 Å². The summed E-state index contributed by atoms with van der Waals surface area (Å²) < 4.78 is 6.09. The molecular weight excluding hydrogens is 299 g/mol. The van der Waals surface area contributed by atoms with Crippen LogP contribution in [0.5, 0.6) is 5.75 Å². The molecule has 3 rings (SSSR count). The third-order valence-electron chi connectivity index (χ3n) is 3.86. The highest BCUT2D eigenvalue weighted by Crippen LogP contribution is 2.48. The summed E-state index contributed by atoms with van der Waals surface area (Å²) in [6, 6.07) is 3.25. The quantitative estimate of drug-likeness (QED) is 0.852. The van der Waals surface area contributed by atoms with E-state index in [1.807, 2.05) is 20.8 Å². The first-order valence-corrected chi connectivity index (χ1v) is 7.35. The van der Waals surface area contributed by atoms with Gasteiger partial charge in [-0.05, 0) is 32.9 Å². The van der Waals surface area contributed by atoms with E-state index in [9.17, 15) is 4.79 Å². The fourth-order valence-corrected chi connectivity index (χ4v) is 3.74. The summed E-state index contributed by atoms with van der Waals surface area (Å²) in [5, 5.41) is 4.02. The monoisotopic (exact) mass is 314 g/mol. The molecule has 108 valence electrons. The second-order valence-corrected chi connectivity index (χ2v) is 6.60. The normalized spacial score (nSPS) is 28.0. The van der Waals surface area contributed by atoms with Gasteiger partial charge in [-0.1, -0.05) is 23.2 Å². The van der Waals surface area contributed by atoms with Crippen LogP contribution >= 0.6 is 23.2 Å². The first-order chi connectivity index (χ1) is 9.32. The van der Waals surface area contributed by atoms with Crippen molar-refractivity contribution in [3.05, 3.63) is 27.7 Å². The number of fused-ring (bicyclic) bond motifs is 4. The molecule has 4 nitrogen and oxygen atoms in total. The van der Waals surface area contributed by atoms with Gasteiger partial charge in [0.05, 0.1) is 11.1 Å². The number of halogens is 2. The number of ether oxygens (including phenoxy) is 1. The van der Waals surface area contributed by atoms with Crippen LogP contribution in [-0.4, -0.2) is 22.7 Å². The van der Waals surface area contributed by atoms with E-state index in [4.69, 9.17) is 27.9 Å². The summed E-state index contributed by atoms with van der Waals surface area (Å²) >= 11 is 12.3. The van der Waals surface area contributed by atoms with Gasteiger partial charge in [-0.3, -0.25) is 4.90 Å². The van der Waals surface area contributed by atoms with Crippen molar-refractivity contribution in [2.75, 3.05) is 0 Å². The SMILES string of the molecule is CC(C)N1C(=O)NC2CC1(C)Oc1c(Cl)cc(Cl)cc12. The molecule has 1 fully saturated rings. The molecule has 1 aromatic rings. The number of hydrogen-bond acceptors (Lipinski definition) is 2. The van der Waals surface area contributed by atoms with Gasteiger partial charge in [0.25, 0.3) is 0 Å². The van der Waals surface area contributed by atoms with Crippen molar-refractivity contribution in [1.29, 1.82) is 0 Å². The van der Waals surface area contributed by atoms with Crippen molar-refractivity contribution in [2.24, 2.45) is 0 Å². The van der Waals surface area contributed by atoms with Gasteiger partial charge in [-0.2, -0.15) is 0 Å². The molecule has 2 atom stereocenters. The van der Waals surface area contributed by atoms with E-state index in [-0.39, 0.29) is 18.1 Å². The van der Waals surface area contributed by atoms with E-state index in [1.165, 1.54) is 0 Å². The molecular formula is C14H16Cl2N2O2. The van der Waals surface area contributed by atoms with Gasteiger partial charge in [0.15, 0.2) is 5.72 Å². The standard InChI is InChI=1S/C14H16Cl2N2O2/c1-7(2)18-13(19)17-11-6-14(18,3)20-12-9(11)4-8(15)5-10(12)16/h4-5,7,11H,6H2,1-3H3,(H,17,19). The Balaban J connectivity index is 2.13. The number of urea groups is 1. The summed E-state index contributed by atoms with van der Waals surface area (Å²) in [6.07, 6.45) is 0.667. The van der Waals surface area contributed by atoms with Gasteiger partial charge in [-0.15, -0.1) is 0 Å². The Labute approximate surface area is 128 Å². The maximum atomic E-state index is 12.3. The molecule has 2 unspecified atom stereocenters. The molecule has 1 aromatic carbocycles. The lowest BCUT2D eigenvalue weighted by Gasteiger charge is -2.52. The average Bonchev–Trinajstić information content (AvgIpc) is 2.29. The fraction of sp³-hybridized carbons (Fsp3) is 0.500. The lowest BCUT2D eigenvalue weighted by atomic mass is 9.90. The largest absolute Gasteiger partial charge is 0.466 e. The minimum absolute atomic E-state index is 0.0357. The van der Waals surface area contributed by atoms with Crippen LogP contribution in [-0.2, 0) is 0 Å². The van der Waals surface area contributed by atoms with Gasteiger partial charge < -0.3 is 10.1 Å². The zero-order chi connectivity index (χ0) is 14.7. The number of carbonyl (C=O) groups excluding carboxylic acids is 1. The summed E-state index contributed by atoms with van der Waals surface area (Å²) in [7, 11) is 0. The van der Waals surface area contributed by atoms with Crippen molar-refractivity contribution in [3.63, 3.8) is 0 Å². The molecule has 6 heteroatoms. The molecule has 2 aliphatic rings. The molecule has 2 heterocycles. The minimum atomic E-state index is -0.689. The molecule has 20 heavy (non-hydrogen) atoms. The van der Waals surface area contributed by atoms with Crippen LogP contribution in [0.15, 0.2) is 12.1 Å². The number of nitrogens with one attached hydrogen (secondary N) is 1. The molecule has 2 aliphatic heterocycles. The van der Waals surface area contributed by atoms with E-state index >= 15 is 0 Å². The summed E-state index contributed by atoms with van der Waals surface area (Å²) in [5.41, 5.74) is 0.155. The molecule has 0 saturated carbocycles. The smallest absolute Gasteiger partial charge is 0.321 e. The lowest BCUT2D eigenvalue weighted by Crippen LogP contribution is -2.66. The van der Waals surface area contributed by atoms with E-state index in [0.717, 1.165) is 5.56 Å². The number of amides is 2. The van der Waals surface area contributed by atoms with E-state index in [0.29, 0.717) is 22.2 Å². The van der Waals surface area contributed by atoms with Crippen molar-refractivity contribution >= 4 is 29.2 Å². The van der Waals surface area contributed by atoms with Crippen molar-refractivity contribution in [1.82, 2.24) is 10.2 Å². The van der Waals surface area contributed by atoms with Crippen LogP contribution in [0.25, 0.3) is 0 Å². The number of rotatable bonds is 1. The van der Waals surface area contributed by atoms with Crippen molar-refractivity contribution < 1.29 is 9.53 Å². The predicted octanol–water partition coefficient (Wildman–Crippen LogP) is 3.97. The highest BCUT2D eigenvalue weighted by molar-refractivity contribution is 6.35. The van der Waals surface area contributed by atoms with Crippen LogP contribution < -0.4 is 10.1 Å². The van der Waals surface area contributed by atoms with Crippen LogP contribution in [0.1, 0.15) is 38.8 Å². The highest BCUT2D eigenvalue weighted by atomic mass is 35.5. The lowest BCUT2D eigenvalue weighted by molar-refractivity contribution is -0.0962. The van der Waals surface area contributed by atoms with Crippen molar-refractivity contribution in [2.45, 2.75) is 45.0 Å². The van der Waals surface area contributed by atoms with Gasteiger partial charge in [0.1, 0.15) is 5.75 Å². The van der Waals surface area contributed by atoms with Gasteiger partial charge in [-0.25, -0.2) is 4.79 Å². The fourth-order valence-electron chi connectivity index (χ4n) is 3.19. The summed E-state index contributed by atoms with van der Waals surface area (Å²) in [4.78, 5) is 14.0. The molecule has 2 bridgehead atoms.